The van der Waals surface area contributed by atoms with Crippen LogP contribution in [-0.2, 0) is 29.5 Å². The van der Waals surface area contributed by atoms with Gasteiger partial charge in [0.05, 0.1) is 5.69 Å². The van der Waals surface area contributed by atoms with Crippen molar-refractivity contribution in [2.24, 2.45) is 7.05 Å². The molecule has 1 aromatic carbocycles. The molecule has 0 saturated carbocycles. The molecule has 27 heavy (non-hydrogen) atoms. The molecule has 1 fully saturated rings. The Morgan fingerprint density at radius 2 is 1.81 bits per heavy atom. The third-order valence-electron chi connectivity index (χ3n) is 5.83. The molecule has 0 spiro atoms. The van der Waals surface area contributed by atoms with Crippen LogP contribution in [0, 0.1) is 0 Å². The van der Waals surface area contributed by atoms with E-state index in [1.54, 1.807) is 11.8 Å². The van der Waals surface area contributed by atoms with E-state index >= 15 is 0 Å². The van der Waals surface area contributed by atoms with Crippen LogP contribution in [-0.4, -0.2) is 57.1 Å². The van der Waals surface area contributed by atoms with Crippen LogP contribution in [0.15, 0.2) is 30.3 Å². The van der Waals surface area contributed by atoms with E-state index in [4.69, 9.17) is 5.10 Å². The second kappa shape index (κ2) is 7.18. The zero-order valence-electron chi connectivity index (χ0n) is 16.0. The summed E-state index contributed by atoms with van der Waals surface area (Å²) >= 11 is 0. The maximum absolute atomic E-state index is 13.1. The Kier molecular flexibility index (Phi) is 4.72. The summed E-state index contributed by atoms with van der Waals surface area (Å²) in [6.45, 7) is 3.62. The van der Waals surface area contributed by atoms with Gasteiger partial charge in [0.15, 0.2) is 0 Å². The minimum atomic E-state index is -0.282. The third kappa shape index (κ3) is 3.24. The second-order valence-electron chi connectivity index (χ2n) is 7.46. The first kappa shape index (κ1) is 17.8. The molecule has 0 N–H and O–H groups in total. The molecular weight excluding hydrogens is 340 g/mol. The van der Waals surface area contributed by atoms with E-state index < -0.39 is 0 Å². The number of aryl methyl sites for hydroxylation is 1. The molecule has 2 aromatic rings. The Morgan fingerprint density at radius 3 is 2.56 bits per heavy atom. The van der Waals surface area contributed by atoms with Crippen LogP contribution in [0.5, 0.6) is 0 Å². The van der Waals surface area contributed by atoms with Crippen LogP contribution >= 0.6 is 0 Å². The molecule has 142 valence electrons. The largest absolute Gasteiger partial charge is 0.340 e. The summed E-state index contributed by atoms with van der Waals surface area (Å²) < 4.78 is 1.96. The Bertz CT molecular complexity index is 859. The summed E-state index contributed by atoms with van der Waals surface area (Å²) in [5.74, 6) is 0.101. The maximum Gasteiger partial charge on any atom is 0.245 e. The van der Waals surface area contributed by atoms with Gasteiger partial charge in [-0.1, -0.05) is 30.3 Å². The van der Waals surface area contributed by atoms with Crippen molar-refractivity contribution in [1.29, 1.82) is 0 Å². The summed E-state index contributed by atoms with van der Waals surface area (Å²) in [5, 5.41) is 4.75. The zero-order chi connectivity index (χ0) is 19.0. The minimum absolute atomic E-state index is 0.000443. The molecule has 2 aliphatic rings. The van der Waals surface area contributed by atoms with Gasteiger partial charge in [-0.05, 0) is 19.3 Å². The lowest BCUT2D eigenvalue weighted by atomic mass is 10.0. The Hall–Kier alpha value is -2.63. The zero-order valence-corrected chi connectivity index (χ0v) is 16.0. The standard InChI is InChI=1S/C21H26N4O2/c1-15(26)25-12-6-9-19(25)21(27)24-13-10-17-18(11-14-24)23(2)22-20(17)16-7-4-3-5-8-16/h3-5,7-8,19H,6,9-14H2,1-2H3/t19-/m0/s1. The number of amides is 2. The molecule has 1 atom stereocenters. The van der Waals surface area contributed by atoms with Crippen molar-refractivity contribution in [2.45, 2.75) is 38.6 Å². The fourth-order valence-corrected chi connectivity index (χ4v) is 4.44. The summed E-state index contributed by atoms with van der Waals surface area (Å²) in [6.07, 6.45) is 3.28. The Labute approximate surface area is 159 Å². The van der Waals surface area contributed by atoms with Crippen LogP contribution in [0.1, 0.15) is 31.0 Å². The van der Waals surface area contributed by atoms with E-state index in [-0.39, 0.29) is 17.9 Å². The van der Waals surface area contributed by atoms with Crippen molar-refractivity contribution in [3.63, 3.8) is 0 Å². The van der Waals surface area contributed by atoms with Gasteiger partial charge in [0.1, 0.15) is 6.04 Å². The number of hydrogen-bond acceptors (Lipinski definition) is 3. The number of rotatable bonds is 2. The summed E-state index contributed by atoms with van der Waals surface area (Å²) in [6, 6.07) is 9.95. The number of carbonyl (C=O) groups excluding carboxylic acids is 2. The summed E-state index contributed by atoms with van der Waals surface area (Å²) in [4.78, 5) is 28.6. The molecule has 0 bridgehead atoms. The van der Waals surface area contributed by atoms with Crippen molar-refractivity contribution < 1.29 is 9.59 Å². The minimum Gasteiger partial charge on any atom is -0.340 e. The molecule has 2 amide bonds. The molecule has 4 rings (SSSR count). The van der Waals surface area contributed by atoms with Crippen LogP contribution in [0.3, 0.4) is 0 Å². The SMILES string of the molecule is CC(=O)N1CCC[C@H]1C(=O)N1CCc2c(-c3ccccc3)nn(C)c2CC1. The number of benzene rings is 1. The predicted molar refractivity (Wildman–Crippen MR) is 103 cm³/mol. The molecule has 6 nitrogen and oxygen atoms in total. The van der Waals surface area contributed by atoms with Gasteiger partial charge in [0.25, 0.3) is 0 Å². The summed E-state index contributed by atoms with van der Waals surface area (Å²) in [7, 11) is 1.98. The van der Waals surface area contributed by atoms with Crippen LogP contribution in [0.25, 0.3) is 11.3 Å². The lowest BCUT2D eigenvalue weighted by Gasteiger charge is -2.29. The normalized spacial score (nSPS) is 19.7. The average Bonchev–Trinajstić information content (AvgIpc) is 3.21. The van der Waals surface area contributed by atoms with Gasteiger partial charge < -0.3 is 9.80 Å². The van der Waals surface area contributed by atoms with Crippen LogP contribution in [0.2, 0.25) is 0 Å². The quantitative estimate of drug-likeness (QED) is 0.817. The first-order valence-corrected chi connectivity index (χ1v) is 9.72. The van der Waals surface area contributed by atoms with Crippen molar-refractivity contribution in [3.8, 4) is 11.3 Å². The highest BCUT2D eigenvalue weighted by atomic mass is 16.2. The highest BCUT2D eigenvalue weighted by Gasteiger charge is 2.36. The van der Waals surface area contributed by atoms with Crippen LogP contribution in [0.4, 0.5) is 0 Å². The average molecular weight is 366 g/mol. The van der Waals surface area contributed by atoms with Gasteiger partial charge in [0, 0.05) is 56.8 Å². The lowest BCUT2D eigenvalue weighted by molar-refractivity contribution is -0.142. The number of nitrogens with zero attached hydrogens (tertiary/aromatic N) is 4. The van der Waals surface area contributed by atoms with E-state index in [1.165, 1.54) is 11.3 Å². The number of carbonyl (C=O) groups is 2. The molecule has 0 radical (unpaired) electrons. The predicted octanol–water partition coefficient (Wildman–Crippen LogP) is 2.03. The first-order valence-electron chi connectivity index (χ1n) is 9.72. The van der Waals surface area contributed by atoms with Gasteiger partial charge in [-0.25, -0.2) is 0 Å². The van der Waals surface area contributed by atoms with E-state index in [0.717, 1.165) is 36.9 Å². The van der Waals surface area contributed by atoms with E-state index in [1.807, 2.05) is 34.8 Å². The molecule has 6 heteroatoms. The highest BCUT2D eigenvalue weighted by Crippen LogP contribution is 2.29. The summed E-state index contributed by atoms with van der Waals surface area (Å²) in [5.41, 5.74) is 4.59. The second-order valence-corrected chi connectivity index (χ2v) is 7.46. The number of fused-ring (bicyclic) bond motifs is 1. The van der Waals surface area contributed by atoms with Crippen LogP contribution < -0.4 is 0 Å². The molecule has 0 aliphatic carbocycles. The van der Waals surface area contributed by atoms with Crippen molar-refractivity contribution in [2.75, 3.05) is 19.6 Å². The van der Waals surface area contributed by atoms with Gasteiger partial charge in [-0.2, -0.15) is 5.10 Å². The Morgan fingerprint density at radius 1 is 1.07 bits per heavy atom. The highest BCUT2D eigenvalue weighted by molar-refractivity contribution is 5.87. The number of hydrogen-bond donors (Lipinski definition) is 0. The molecule has 0 unspecified atom stereocenters. The monoisotopic (exact) mass is 366 g/mol. The molecule has 2 aliphatic heterocycles. The smallest absolute Gasteiger partial charge is 0.245 e. The van der Waals surface area contributed by atoms with E-state index in [9.17, 15) is 9.59 Å². The molecule has 1 aromatic heterocycles. The topological polar surface area (TPSA) is 58.4 Å². The number of likely N-dealkylation sites (tertiary alicyclic amines) is 1. The Balaban J connectivity index is 1.55. The molecule has 1 saturated heterocycles. The van der Waals surface area contributed by atoms with Gasteiger partial charge in [-0.3, -0.25) is 14.3 Å². The number of aromatic nitrogens is 2. The first-order chi connectivity index (χ1) is 13.1. The lowest BCUT2D eigenvalue weighted by Crippen LogP contribution is -2.48. The molecular formula is C21H26N4O2. The fourth-order valence-electron chi connectivity index (χ4n) is 4.44. The van der Waals surface area contributed by atoms with Gasteiger partial charge >= 0.3 is 0 Å². The third-order valence-corrected chi connectivity index (χ3v) is 5.83. The van der Waals surface area contributed by atoms with Gasteiger partial charge in [0.2, 0.25) is 11.8 Å². The van der Waals surface area contributed by atoms with Crippen molar-refractivity contribution >= 4 is 11.8 Å². The fraction of sp³-hybridized carbons (Fsp3) is 0.476. The van der Waals surface area contributed by atoms with Crippen molar-refractivity contribution in [3.05, 3.63) is 41.6 Å². The van der Waals surface area contributed by atoms with E-state index in [0.29, 0.717) is 19.6 Å². The molecule has 3 heterocycles. The maximum atomic E-state index is 13.1. The van der Waals surface area contributed by atoms with E-state index in [2.05, 4.69) is 12.1 Å². The van der Waals surface area contributed by atoms with Crippen molar-refractivity contribution in [1.82, 2.24) is 19.6 Å². The van der Waals surface area contributed by atoms with Gasteiger partial charge in [-0.15, -0.1) is 0 Å².